The number of aromatic nitrogens is 5. The van der Waals surface area contributed by atoms with E-state index >= 15 is 0 Å². The van der Waals surface area contributed by atoms with Gasteiger partial charge in [-0.1, -0.05) is 31.8 Å². The van der Waals surface area contributed by atoms with Crippen LogP contribution < -0.4 is 9.04 Å². The number of aryl methyl sites for hydroxylation is 1. The van der Waals surface area contributed by atoms with Gasteiger partial charge in [0.25, 0.3) is 0 Å². The van der Waals surface area contributed by atoms with Crippen molar-refractivity contribution < 1.29 is 23.0 Å². The van der Waals surface area contributed by atoms with Crippen LogP contribution in [0.25, 0.3) is 11.4 Å². The molecule has 0 fully saturated rings. The van der Waals surface area contributed by atoms with Gasteiger partial charge in [-0.15, -0.1) is 10.2 Å². The lowest BCUT2D eigenvalue weighted by molar-refractivity contribution is 0.00139. The van der Waals surface area contributed by atoms with Crippen LogP contribution in [0.1, 0.15) is 44.3 Å². The van der Waals surface area contributed by atoms with Crippen LogP contribution in [0, 0.1) is 6.92 Å². The first-order chi connectivity index (χ1) is 18.8. The van der Waals surface area contributed by atoms with E-state index in [2.05, 4.69) is 39.8 Å². The van der Waals surface area contributed by atoms with Crippen molar-refractivity contribution in [1.82, 2.24) is 24.7 Å². The molecule has 1 aromatic carbocycles. The van der Waals surface area contributed by atoms with Crippen molar-refractivity contribution >= 4 is 24.0 Å². The van der Waals surface area contributed by atoms with E-state index < -0.39 is 35.5 Å². The lowest BCUT2D eigenvalue weighted by Gasteiger charge is -2.33. The highest BCUT2D eigenvalue weighted by atomic mass is 32.2. The fourth-order valence-electron chi connectivity index (χ4n) is 4.50. The second-order valence-electron chi connectivity index (χ2n) is 11.7. The van der Waals surface area contributed by atoms with E-state index in [-0.39, 0.29) is 31.8 Å². The third kappa shape index (κ3) is 6.37. The van der Waals surface area contributed by atoms with E-state index in [1.165, 1.54) is 4.31 Å². The van der Waals surface area contributed by atoms with Gasteiger partial charge in [0.1, 0.15) is 23.7 Å². The lowest BCUT2D eigenvalue weighted by atomic mass is 10.2. The van der Waals surface area contributed by atoms with E-state index in [0.717, 1.165) is 5.56 Å². The number of benzene rings is 1. The molecule has 218 valence electrons. The highest BCUT2D eigenvalue weighted by Gasteiger charge is 2.42. The number of hydrogen-bond acceptors (Lipinski definition) is 9. The Kier molecular flexibility index (Phi) is 8.98. The molecule has 0 spiro atoms. The zero-order valence-electron chi connectivity index (χ0n) is 24.3. The summed E-state index contributed by atoms with van der Waals surface area (Å²) in [5, 5.41) is 18.1. The predicted molar refractivity (Wildman–Crippen MR) is 157 cm³/mol. The van der Waals surface area contributed by atoms with Crippen molar-refractivity contribution in [2.45, 2.75) is 76.9 Å². The van der Waals surface area contributed by atoms with Crippen LogP contribution >= 0.6 is 0 Å². The fraction of sp³-hybridized carbons (Fsp3) is 0.556. The van der Waals surface area contributed by atoms with E-state index in [0.29, 0.717) is 29.0 Å². The van der Waals surface area contributed by atoms with Crippen LogP contribution in [0.2, 0.25) is 25.7 Å². The van der Waals surface area contributed by atoms with Gasteiger partial charge in [-0.25, -0.2) is 22.7 Å². The van der Waals surface area contributed by atoms with Gasteiger partial charge in [-0.2, -0.15) is 0 Å². The zero-order valence-corrected chi connectivity index (χ0v) is 26.1. The van der Waals surface area contributed by atoms with Crippen molar-refractivity contribution in [2.75, 3.05) is 24.1 Å². The molecule has 11 nitrogen and oxygen atoms in total. The van der Waals surface area contributed by atoms with E-state index in [4.69, 9.17) is 9.47 Å². The van der Waals surface area contributed by atoms with Gasteiger partial charge in [0, 0.05) is 27.0 Å². The van der Waals surface area contributed by atoms with Crippen molar-refractivity contribution in [1.29, 1.82) is 0 Å². The van der Waals surface area contributed by atoms with E-state index in [9.17, 15) is 13.5 Å². The standard InChI is InChI=1S/C27H40N6O5SSi/c1-18(2)38-24(25-28-14-19(3)15-29-25)20(4)39(35,36)32(12-13-40(5,6)7)27-31-30-26-22-10-8-9-11-23(22)37-17-21(16-34)33(26)27/h8-11,14-15,18,20-21,24,34H,12-13,16-17H2,1-7H3/t20?,21-,24?/m1/s1. The number of ether oxygens (including phenoxy) is 2. The molecule has 2 aromatic heterocycles. The number of fused-ring (bicyclic) bond motifs is 3. The molecule has 0 bridgehead atoms. The summed E-state index contributed by atoms with van der Waals surface area (Å²) >= 11 is 0. The number of rotatable bonds is 11. The molecule has 3 aromatic rings. The first kappa shape index (κ1) is 30.1. The molecule has 1 N–H and O–H groups in total. The third-order valence-electron chi connectivity index (χ3n) is 6.78. The minimum Gasteiger partial charge on any atom is -0.491 e. The molecule has 0 saturated carbocycles. The largest absolute Gasteiger partial charge is 0.491 e. The summed E-state index contributed by atoms with van der Waals surface area (Å²) in [6.45, 7) is 13.8. The first-order valence-corrected chi connectivity index (χ1v) is 18.8. The van der Waals surface area contributed by atoms with E-state index in [1.54, 1.807) is 23.9 Å². The fourth-order valence-corrected chi connectivity index (χ4v) is 7.16. The maximum atomic E-state index is 14.6. The Hall–Kier alpha value is -2.87. The topological polar surface area (TPSA) is 133 Å². The molecule has 3 heterocycles. The molecule has 2 unspecified atom stereocenters. The van der Waals surface area contributed by atoms with Gasteiger partial charge >= 0.3 is 0 Å². The summed E-state index contributed by atoms with van der Waals surface area (Å²) in [5.41, 5.74) is 1.55. The van der Waals surface area contributed by atoms with Gasteiger partial charge in [0.2, 0.25) is 16.0 Å². The monoisotopic (exact) mass is 588 g/mol. The molecule has 0 amide bonds. The van der Waals surface area contributed by atoms with Crippen LogP contribution in [0.3, 0.4) is 0 Å². The van der Waals surface area contributed by atoms with Crippen LogP contribution in [0.4, 0.5) is 5.95 Å². The normalized spacial score (nSPS) is 17.0. The predicted octanol–water partition coefficient (Wildman–Crippen LogP) is 4.00. The molecule has 3 atom stereocenters. The van der Waals surface area contributed by atoms with Gasteiger partial charge in [-0.05, 0) is 51.4 Å². The molecule has 0 radical (unpaired) electrons. The van der Waals surface area contributed by atoms with E-state index in [1.807, 2.05) is 45.0 Å². The number of aliphatic hydroxyl groups excluding tert-OH is 1. The maximum absolute atomic E-state index is 14.6. The minimum atomic E-state index is -4.10. The first-order valence-electron chi connectivity index (χ1n) is 13.6. The summed E-state index contributed by atoms with van der Waals surface area (Å²) < 4.78 is 44.3. The summed E-state index contributed by atoms with van der Waals surface area (Å²) in [5.74, 6) is 1.49. The van der Waals surface area contributed by atoms with Crippen LogP contribution in [0.15, 0.2) is 36.7 Å². The lowest BCUT2D eigenvalue weighted by Crippen LogP contribution is -2.45. The minimum absolute atomic E-state index is 0.138. The van der Waals surface area contributed by atoms with Gasteiger partial charge in [-0.3, -0.25) is 4.57 Å². The molecule has 1 aliphatic rings. The van der Waals surface area contributed by atoms with Crippen molar-refractivity contribution in [3.63, 3.8) is 0 Å². The number of aliphatic hydroxyl groups is 1. The van der Waals surface area contributed by atoms with Crippen LogP contribution in [0.5, 0.6) is 5.75 Å². The summed E-state index contributed by atoms with van der Waals surface area (Å²) in [4.78, 5) is 8.82. The maximum Gasteiger partial charge on any atom is 0.243 e. The second kappa shape index (κ2) is 11.9. The molecule has 0 saturated heterocycles. The second-order valence-corrected chi connectivity index (χ2v) is 19.5. The van der Waals surface area contributed by atoms with Gasteiger partial charge < -0.3 is 14.6 Å². The highest BCUT2D eigenvalue weighted by Crippen LogP contribution is 2.38. The Labute approximate surface area is 237 Å². The molecule has 13 heteroatoms. The SMILES string of the molecule is Cc1cnc(C(OC(C)C)C(C)S(=O)(=O)N(CC[Si](C)(C)C)c2nnc3n2[C@H](CO)COc2ccccc2-3)nc1. The summed E-state index contributed by atoms with van der Waals surface area (Å²) in [7, 11) is -5.79. The number of hydrogen-bond donors (Lipinski definition) is 1. The average molecular weight is 589 g/mol. The van der Waals surface area contributed by atoms with Gasteiger partial charge in [0.05, 0.1) is 24.3 Å². The average Bonchev–Trinajstić information content (AvgIpc) is 3.24. The molecule has 0 aliphatic carbocycles. The molecular weight excluding hydrogens is 548 g/mol. The van der Waals surface area contributed by atoms with Crippen LogP contribution in [-0.2, 0) is 14.8 Å². The Bertz CT molecular complexity index is 1410. The Morgan fingerprint density at radius 1 is 1.15 bits per heavy atom. The molecule has 4 rings (SSSR count). The number of para-hydroxylation sites is 1. The quantitative estimate of drug-likeness (QED) is 0.330. The Morgan fingerprint density at radius 2 is 1.82 bits per heavy atom. The Balaban J connectivity index is 1.85. The smallest absolute Gasteiger partial charge is 0.243 e. The number of sulfonamides is 1. The van der Waals surface area contributed by atoms with Crippen LogP contribution in [-0.4, -0.2) is 77.4 Å². The third-order valence-corrected chi connectivity index (χ3v) is 10.6. The summed E-state index contributed by atoms with van der Waals surface area (Å²) in [6, 6.07) is 7.49. The van der Waals surface area contributed by atoms with Crippen molar-refractivity contribution in [3.05, 3.63) is 48.0 Å². The highest BCUT2D eigenvalue weighted by molar-refractivity contribution is 7.93. The van der Waals surface area contributed by atoms with Crippen molar-refractivity contribution in [3.8, 4) is 17.1 Å². The number of anilines is 1. The molecular formula is C27H40N6O5SSi. The summed E-state index contributed by atoms with van der Waals surface area (Å²) in [6.07, 6.45) is 2.13. The molecule has 40 heavy (non-hydrogen) atoms. The Morgan fingerprint density at radius 3 is 2.45 bits per heavy atom. The van der Waals surface area contributed by atoms with Gasteiger partial charge in [0.15, 0.2) is 11.6 Å². The zero-order chi connectivity index (χ0) is 29.2. The van der Waals surface area contributed by atoms with Crippen molar-refractivity contribution in [2.24, 2.45) is 0 Å². The molecule has 1 aliphatic heterocycles. The number of nitrogens with zero attached hydrogens (tertiary/aromatic N) is 6.